The molecule has 0 aromatic carbocycles. The van der Waals surface area contributed by atoms with Gasteiger partial charge >= 0.3 is 5.97 Å². The first kappa shape index (κ1) is 12.3. The molecule has 0 amide bonds. The smallest absolute Gasteiger partial charge is 0.331 e. The molecule has 0 aliphatic heterocycles. The predicted molar refractivity (Wildman–Crippen MR) is 52.0 cm³/mol. The van der Waals surface area contributed by atoms with E-state index in [-0.39, 0.29) is 18.5 Å². The molecule has 1 aliphatic carbocycles. The molecule has 0 spiro atoms. The molecule has 1 rings (SSSR count). The Kier molecular flexibility index (Phi) is 6.41. The number of carbonyl (C=O) groups is 1. The average molecular weight is 207 g/mol. The highest BCUT2D eigenvalue weighted by Gasteiger charge is 2.12. The van der Waals surface area contributed by atoms with Crippen molar-refractivity contribution in [3.63, 3.8) is 0 Å². The lowest BCUT2D eigenvalue weighted by molar-refractivity contribution is -0.131. The van der Waals surface area contributed by atoms with Crippen molar-refractivity contribution >= 4 is 18.4 Å². The van der Waals surface area contributed by atoms with Gasteiger partial charge in [-0.05, 0) is 25.7 Å². The summed E-state index contributed by atoms with van der Waals surface area (Å²) in [5.74, 6) is -0.953. The summed E-state index contributed by atoms with van der Waals surface area (Å²) >= 11 is 0. The van der Waals surface area contributed by atoms with Crippen LogP contribution < -0.4 is 0 Å². The average Bonchev–Trinajstić information content (AvgIpc) is 2.05. The lowest BCUT2D eigenvalue weighted by atomic mass is 9.98. The predicted octanol–water partition coefficient (Wildman–Crippen LogP) is 2.36. The molecule has 1 saturated carbocycles. The molecule has 3 nitrogen and oxygen atoms in total. The number of hydrogen-bond donors (Lipinski definition) is 1. The van der Waals surface area contributed by atoms with Gasteiger partial charge in [-0.15, -0.1) is 12.4 Å². The molecule has 0 bridgehead atoms. The first-order chi connectivity index (χ1) is 5.79. The maximum Gasteiger partial charge on any atom is 0.331 e. The summed E-state index contributed by atoms with van der Waals surface area (Å²) < 4.78 is 5.23. The van der Waals surface area contributed by atoms with Crippen LogP contribution in [0.1, 0.15) is 32.1 Å². The van der Waals surface area contributed by atoms with Crippen LogP contribution in [0.3, 0.4) is 0 Å². The zero-order valence-electron chi connectivity index (χ0n) is 7.44. The Morgan fingerprint density at radius 2 is 1.92 bits per heavy atom. The fraction of sp³-hybridized carbons (Fsp3) is 0.667. The molecule has 0 aromatic heterocycles. The third kappa shape index (κ3) is 5.53. The lowest BCUT2D eigenvalue weighted by Gasteiger charge is -2.20. The van der Waals surface area contributed by atoms with Crippen molar-refractivity contribution in [3.8, 4) is 0 Å². The van der Waals surface area contributed by atoms with Crippen molar-refractivity contribution < 1.29 is 14.6 Å². The zero-order valence-corrected chi connectivity index (χ0v) is 8.26. The van der Waals surface area contributed by atoms with Gasteiger partial charge in [0, 0.05) is 0 Å². The van der Waals surface area contributed by atoms with E-state index >= 15 is 0 Å². The molecule has 0 saturated heterocycles. The largest absolute Gasteiger partial charge is 0.498 e. The van der Waals surface area contributed by atoms with Crippen molar-refractivity contribution in [3.05, 3.63) is 12.3 Å². The number of rotatable bonds is 3. The standard InChI is InChI=1S/C9H14O3.ClH/c10-9(11)6-7-12-8-4-2-1-3-5-8;/h6-8H,1-5H2,(H,10,11);1H. The van der Waals surface area contributed by atoms with Crippen molar-refractivity contribution in [2.45, 2.75) is 38.2 Å². The molecule has 1 aliphatic rings. The normalized spacial score (nSPS) is 18.2. The molecule has 0 aromatic rings. The van der Waals surface area contributed by atoms with Gasteiger partial charge in [0.25, 0.3) is 0 Å². The minimum absolute atomic E-state index is 0. The first-order valence-electron chi connectivity index (χ1n) is 4.34. The summed E-state index contributed by atoms with van der Waals surface area (Å²) in [5, 5.41) is 8.28. The van der Waals surface area contributed by atoms with Crippen LogP contribution in [-0.2, 0) is 9.53 Å². The van der Waals surface area contributed by atoms with Crippen LogP contribution in [0.4, 0.5) is 0 Å². The third-order valence-electron chi connectivity index (χ3n) is 2.03. The van der Waals surface area contributed by atoms with Gasteiger partial charge in [-0.3, -0.25) is 0 Å². The molecule has 13 heavy (non-hydrogen) atoms. The minimum Gasteiger partial charge on any atom is -0.498 e. The Labute approximate surface area is 84.2 Å². The Balaban J connectivity index is 0.00000144. The van der Waals surface area contributed by atoms with Crippen LogP contribution in [-0.4, -0.2) is 17.2 Å². The van der Waals surface area contributed by atoms with E-state index in [1.54, 1.807) is 0 Å². The second-order valence-electron chi connectivity index (χ2n) is 3.04. The number of ether oxygens (including phenoxy) is 1. The van der Waals surface area contributed by atoms with E-state index in [1.807, 2.05) is 0 Å². The van der Waals surface area contributed by atoms with Crippen molar-refractivity contribution in [2.24, 2.45) is 0 Å². The van der Waals surface area contributed by atoms with Crippen LogP contribution in [0.15, 0.2) is 12.3 Å². The summed E-state index contributed by atoms with van der Waals surface area (Å²) in [6.45, 7) is 0. The molecule has 4 heteroatoms. The van der Waals surface area contributed by atoms with E-state index < -0.39 is 5.97 Å². The van der Waals surface area contributed by atoms with Gasteiger partial charge in [0.15, 0.2) is 0 Å². The molecule has 1 N–H and O–H groups in total. The highest BCUT2D eigenvalue weighted by molar-refractivity contribution is 5.85. The molecule has 1 fully saturated rings. The number of carboxylic acid groups (broad SMARTS) is 1. The maximum atomic E-state index is 10.1. The van der Waals surface area contributed by atoms with Gasteiger partial charge in [0.2, 0.25) is 0 Å². The van der Waals surface area contributed by atoms with Gasteiger partial charge in [-0.2, -0.15) is 0 Å². The summed E-state index contributed by atoms with van der Waals surface area (Å²) in [6, 6.07) is 0. The zero-order chi connectivity index (χ0) is 8.81. The maximum absolute atomic E-state index is 10.1. The highest BCUT2D eigenvalue weighted by Crippen LogP contribution is 2.20. The van der Waals surface area contributed by atoms with Crippen LogP contribution in [0.25, 0.3) is 0 Å². The van der Waals surface area contributed by atoms with Gasteiger partial charge in [-0.25, -0.2) is 4.79 Å². The molecule has 0 heterocycles. The lowest BCUT2D eigenvalue weighted by Crippen LogP contribution is -2.13. The SMILES string of the molecule is Cl.O=C(O)C=COC1CCCCC1. The molecule has 0 unspecified atom stereocenters. The van der Waals surface area contributed by atoms with E-state index in [0.29, 0.717) is 0 Å². The number of aliphatic carboxylic acids is 1. The Hall–Kier alpha value is -0.700. The van der Waals surface area contributed by atoms with E-state index in [2.05, 4.69) is 0 Å². The minimum atomic E-state index is -0.953. The summed E-state index contributed by atoms with van der Waals surface area (Å²) in [7, 11) is 0. The molecular formula is C9H15ClO3. The summed E-state index contributed by atoms with van der Waals surface area (Å²) in [6.07, 6.45) is 8.37. The van der Waals surface area contributed by atoms with E-state index in [9.17, 15) is 4.79 Å². The number of hydrogen-bond acceptors (Lipinski definition) is 2. The Morgan fingerprint density at radius 3 is 2.46 bits per heavy atom. The quantitative estimate of drug-likeness (QED) is 0.570. The molecule has 0 atom stereocenters. The van der Waals surface area contributed by atoms with E-state index in [0.717, 1.165) is 18.9 Å². The van der Waals surface area contributed by atoms with Crippen LogP contribution in [0.2, 0.25) is 0 Å². The van der Waals surface area contributed by atoms with Crippen molar-refractivity contribution in [2.75, 3.05) is 0 Å². The second kappa shape index (κ2) is 6.78. The first-order valence-corrected chi connectivity index (χ1v) is 4.34. The molecular weight excluding hydrogens is 192 g/mol. The van der Waals surface area contributed by atoms with E-state index in [1.165, 1.54) is 25.5 Å². The van der Waals surface area contributed by atoms with Crippen molar-refractivity contribution in [1.82, 2.24) is 0 Å². The van der Waals surface area contributed by atoms with Crippen LogP contribution in [0, 0.1) is 0 Å². The van der Waals surface area contributed by atoms with Crippen molar-refractivity contribution in [1.29, 1.82) is 0 Å². The molecule has 76 valence electrons. The summed E-state index contributed by atoms with van der Waals surface area (Å²) in [5.41, 5.74) is 0. The van der Waals surface area contributed by atoms with Gasteiger partial charge in [0.1, 0.15) is 0 Å². The van der Waals surface area contributed by atoms with Crippen LogP contribution in [0.5, 0.6) is 0 Å². The Bertz CT molecular complexity index is 174. The number of halogens is 1. The topological polar surface area (TPSA) is 46.5 Å². The fourth-order valence-corrected chi connectivity index (χ4v) is 1.41. The Morgan fingerprint density at radius 1 is 1.31 bits per heavy atom. The van der Waals surface area contributed by atoms with Crippen LogP contribution >= 0.6 is 12.4 Å². The van der Waals surface area contributed by atoms with Gasteiger partial charge < -0.3 is 9.84 Å². The third-order valence-corrected chi connectivity index (χ3v) is 2.03. The van der Waals surface area contributed by atoms with Gasteiger partial charge in [0.05, 0.1) is 18.4 Å². The monoisotopic (exact) mass is 206 g/mol. The summed E-state index contributed by atoms with van der Waals surface area (Å²) in [4.78, 5) is 10.1. The highest BCUT2D eigenvalue weighted by atomic mass is 35.5. The van der Waals surface area contributed by atoms with E-state index in [4.69, 9.17) is 9.84 Å². The van der Waals surface area contributed by atoms with Gasteiger partial charge in [-0.1, -0.05) is 6.42 Å². The second-order valence-corrected chi connectivity index (χ2v) is 3.04. The molecule has 0 radical (unpaired) electrons. The number of carboxylic acids is 1. The fourth-order valence-electron chi connectivity index (χ4n) is 1.41.